The van der Waals surface area contributed by atoms with E-state index in [0.29, 0.717) is 17.8 Å². The van der Waals surface area contributed by atoms with Crippen molar-refractivity contribution in [2.24, 2.45) is 0 Å². The summed E-state index contributed by atoms with van der Waals surface area (Å²) < 4.78 is 5.60. The molecule has 0 spiro atoms. The van der Waals surface area contributed by atoms with Gasteiger partial charge in [-0.25, -0.2) is 9.59 Å². The third kappa shape index (κ3) is 4.76. The topological polar surface area (TPSA) is 119 Å². The van der Waals surface area contributed by atoms with Crippen LogP contribution in [-0.2, 0) is 14.3 Å². The Labute approximate surface area is 173 Å². The van der Waals surface area contributed by atoms with Crippen LogP contribution in [0.2, 0.25) is 0 Å². The lowest BCUT2D eigenvalue weighted by molar-refractivity contribution is -0.385. The second-order valence-corrected chi connectivity index (χ2v) is 7.72. The minimum absolute atomic E-state index is 0.0185. The molecule has 1 aliphatic heterocycles. The number of allylic oxidation sites excluding steroid dienone is 2. The van der Waals surface area contributed by atoms with Gasteiger partial charge in [-0.3, -0.25) is 10.1 Å². The first-order valence-corrected chi connectivity index (χ1v) is 9.48. The predicted molar refractivity (Wildman–Crippen MR) is 108 cm³/mol. The van der Waals surface area contributed by atoms with Crippen molar-refractivity contribution in [3.63, 3.8) is 0 Å². The Morgan fingerprint density at radius 2 is 1.83 bits per heavy atom. The number of nitro groups is 1. The number of hydrogen-bond acceptors (Lipinski definition) is 6. The highest BCUT2D eigenvalue weighted by atomic mass is 35.5. The van der Waals surface area contributed by atoms with E-state index in [2.05, 4.69) is 5.32 Å². The fourth-order valence-corrected chi connectivity index (χ4v) is 3.80. The minimum Gasteiger partial charge on any atom is -0.478 e. The second-order valence-electron chi connectivity index (χ2n) is 7.34. The fourth-order valence-electron chi connectivity index (χ4n) is 3.34. The van der Waals surface area contributed by atoms with Crippen molar-refractivity contribution in [1.82, 2.24) is 5.32 Å². The van der Waals surface area contributed by atoms with Crippen LogP contribution < -0.4 is 5.32 Å². The molecule has 0 saturated carbocycles. The van der Waals surface area contributed by atoms with Gasteiger partial charge in [0.2, 0.25) is 0 Å². The number of carbonyl (C=O) groups excluding carboxylic acids is 1. The molecule has 0 amide bonds. The highest BCUT2D eigenvalue weighted by Gasteiger charge is 2.41. The maximum absolute atomic E-state index is 13.1. The summed E-state index contributed by atoms with van der Waals surface area (Å²) in [5, 5.41) is 24.3. The number of para-hydroxylation sites is 1. The number of carbonyl (C=O) groups is 2. The number of rotatable bonds is 7. The van der Waals surface area contributed by atoms with Crippen molar-refractivity contribution < 1.29 is 24.4 Å². The van der Waals surface area contributed by atoms with Crippen molar-refractivity contribution in [3.05, 3.63) is 62.5 Å². The number of hydrogen-bond donors (Lipinski definition) is 2. The number of carboxylic acid groups (broad SMARTS) is 1. The molecule has 1 aromatic rings. The van der Waals surface area contributed by atoms with Gasteiger partial charge in [0, 0.05) is 35.3 Å². The number of halogens is 1. The molecule has 0 radical (unpaired) electrons. The fraction of sp³-hybridized carbons (Fsp3) is 0.400. The highest BCUT2D eigenvalue weighted by Crippen LogP contribution is 2.42. The molecule has 1 aliphatic rings. The van der Waals surface area contributed by atoms with Crippen LogP contribution in [-0.4, -0.2) is 33.4 Å². The SMILES string of the molecule is CC1=C(C(=O)O)C(c2ccccc2[N+](=O)[O-])C(C(=O)OC(C)(C)CCCl)=C(C)N1. The van der Waals surface area contributed by atoms with E-state index in [9.17, 15) is 24.8 Å². The van der Waals surface area contributed by atoms with Crippen molar-refractivity contribution in [1.29, 1.82) is 0 Å². The molecule has 0 bridgehead atoms. The molecule has 156 valence electrons. The number of aliphatic carboxylic acids is 1. The standard InChI is InChI=1S/C20H23ClN2O6/c1-11-15(18(24)25)17(13-7-5-6-8-14(13)23(27)28)16(12(2)22-11)19(26)29-20(3,4)9-10-21/h5-8,17,22H,9-10H2,1-4H3,(H,24,25). The van der Waals surface area contributed by atoms with E-state index < -0.39 is 28.4 Å². The molecule has 2 rings (SSSR count). The van der Waals surface area contributed by atoms with Gasteiger partial charge in [0.25, 0.3) is 5.69 Å². The van der Waals surface area contributed by atoms with Gasteiger partial charge in [-0.2, -0.15) is 0 Å². The predicted octanol–water partition coefficient (Wildman–Crippen LogP) is 3.86. The van der Waals surface area contributed by atoms with Gasteiger partial charge < -0.3 is 15.2 Å². The Kier molecular flexibility index (Phi) is 6.69. The molecular weight excluding hydrogens is 400 g/mol. The number of carboxylic acids is 1. The Bertz CT molecular complexity index is 919. The average molecular weight is 423 g/mol. The molecule has 29 heavy (non-hydrogen) atoms. The number of ether oxygens (including phenoxy) is 1. The molecule has 1 unspecified atom stereocenters. The van der Waals surface area contributed by atoms with Crippen LogP contribution >= 0.6 is 11.6 Å². The number of nitrogens with zero attached hydrogens (tertiary/aromatic N) is 1. The van der Waals surface area contributed by atoms with Gasteiger partial charge >= 0.3 is 11.9 Å². The summed E-state index contributed by atoms with van der Waals surface area (Å²) in [6, 6.07) is 5.78. The zero-order valence-electron chi connectivity index (χ0n) is 16.6. The van der Waals surface area contributed by atoms with Crippen LogP contribution in [0.3, 0.4) is 0 Å². The van der Waals surface area contributed by atoms with Gasteiger partial charge in [-0.15, -0.1) is 11.6 Å². The van der Waals surface area contributed by atoms with Gasteiger partial charge in [0.05, 0.1) is 22.0 Å². The quantitative estimate of drug-likeness (QED) is 0.296. The van der Waals surface area contributed by atoms with Crippen molar-refractivity contribution in [3.8, 4) is 0 Å². The summed E-state index contributed by atoms with van der Waals surface area (Å²) in [4.78, 5) is 36.1. The van der Waals surface area contributed by atoms with Crippen LogP contribution in [0.1, 0.15) is 45.6 Å². The molecule has 1 aromatic carbocycles. The Balaban J connectivity index is 2.68. The Morgan fingerprint density at radius 1 is 1.24 bits per heavy atom. The van der Waals surface area contributed by atoms with Gasteiger partial charge in [0.1, 0.15) is 5.60 Å². The monoisotopic (exact) mass is 422 g/mol. The number of esters is 1. The van der Waals surface area contributed by atoms with Crippen molar-refractivity contribution >= 4 is 29.2 Å². The van der Waals surface area contributed by atoms with E-state index in [0.717, 1.165) is 0 Å². The van der Waals surface area contributed by atoms with Crippen LogP contribution in [0.15, 0.2) is 46.8 Å². The number of nitro benzene ring substituents is 1. The molecule has 0 aromatic heterocycles. The first-order valence-electron chi connectivity index (χ1n) is 8.94. The highest BCUT2D eigenvalue weighted by molar-refractivity contribution is 6.17. The molecule has 0 fully saturated rings. The molecular formula is C20H23ClN2O6. The summed E-state index contributed by atoms with van der Waals surface area (Å²) in [6.45, 7) is 6.54. The third-order valence-electron chi connectivity index (χ3n) is 4.72. The smallest absolute Gasteiger partial charge is 0.337 e. The van der Waals surface area contributed by atoms with Gasteiger partial charge in [-0.1, -0.05) is 18.2 Å². The lowest BCUT2D eigenvalue weighted by Crippen LogP contribution is -2.36. The molecule has 2 N–H and O–H groups in total. The summed E-state index contributed by atoms with van der Waals surface area (Å²) in [7, 11) is 0. The van der Waals surface area contributed by atoms with Gasteiger partial charge in [0.15, 0.2) is 0 Å². The normalized spacial score (nSPS) is 17.1. The van der Waals surface area contributed by atoms with Crippen molar-refractivity contribution in [2.75, 3.05) is 5.88 Å². The van der Waals surface area contributed by atoms with Crippen LogP contribution in [0.5, 0.6) is 0 Å². The first-order chi connectivity index (χ1) is 13.5. The zero-order valence-corrected chi connectivity index (χ0v) is 17.4. The summed E-state index contributed by atoms with van der Waals surface area (Å²) in [5.41, 5.74) is -0.506. The van der Waals surface area contributed by atoms with E-state index in [4.69, 9.17) is 16.3 Å². The molecule has 0 saturated heterocycles. The Morgan fingerprint density at radius 3 is 2.38 bits per heavy atom. The van der Waals surface area contributed by atoms with E-state index in [-0.39, 0.29) is 28.3 Å². The average Bonchev–Trinajstić information content (AvgIpc) is 2.59. The van der Waals surface area contributed by atoms with E-state index in [1.54, 1.807) is 33.8 Å². The van der Waals surface area contributed by atoms with E-state index in [1.807, 2.05) is 0 Å². The minimum atomic E-state index is -1.28. The lowest BCUT2D eigenvalue weighted by Gasteiger charge is -2.32. The van der Waals surface area contributed by atoms with E-state index in [1.165, 1.54) is 18.2 Å². The largest absolute Gasteiger partial charge is 0.478 e. The molecule has 1 atom stereocenters. The van der Waals surface area contributed by atoms with Gasteiger partial charge in [-0.05, 0) is 27.7 Å². The molecule has 0 aliphatic carbocycles. The zero-order chi connectivity index (χ0) is 21.9. The molecule has 8 nitrogen and oxygen atoms in total. The van der Waals surface area contributed by atoms with E-state index >= 15 is 0 Å². The summed E-state index contributed by atoms with van der Waals surface area (Å²) in [6.07, 6.45) is 0.386. The van der Waals surface area contributed by atoms with Crippen LogP contribution in [0.4, 0.5) is 5.69 Å². The van der Waals surface area contributed by atoms with Crippen molar-refractivity contribution in [2.45, 2.75) is 45.6 Å². The van der Waals surface area contributed by atoms with Crippen LogP contribution in [0.25, 0.3) is 0 Å². The maximum Gasteiger partial charge on any atom is 0.337 e. The number of benzene rings is 1. The first kappa shape index (κ1) is 22.4. The number of alkyl halides is 1. The summed E-state index contributed by atoms with van der Waals surface area (Å²) >= 11 is 5.77. The summed E-state index contributed by atoms with van der Waals surface area (Å²) in [5.74, 6) is -2.92. The molecule has 1 heterocycles. The molecule has 9 heteroatoms. The third-order valence-corrected chi connectivity index (χ3v) is 4.91. The maximum atomic E-state index is 13.1. The second kappa shape index (κ2) is 8.65. The van der Waals surface area contributed by atoms with Crippen LogP contribution in [0, 0.1) is 10.1 Å². The number of dihydropyridines is 1. The Hall–Kier alpha value is -2.87. The lowest BCUT2D eigenvalue weighted by atomic mass is 9.79. The number of nitrogens with one attached hydrogen (secondary N) is 1.